The zero-order valence-corrected chi connectivity index (χ0v) is 37.7. The van der Waals surface area contributed by atoms with Crippen molar-refractivity contribution in [3.8, 4) is 5.75 Å². The number of hydrogen-bond acceptors (Lipinski definition) is 13. The molecule has 2 atom stereocenters. The van der Waals surface area contributed by atoms with Gasteiger partial charge in [-0.3, -0.25) is 34.2 Å². The molecule has 4 amide bonds. The molecule has 2 aromatic heterocycles. The summed E-state index contributed by atoms with van der Waals surface area (Å²) in [4.78, 5) is 79.9. The first-order chi connectivity index (χ1) is 31.3. The van der Waals surface area contributed by atoms with E-state index in [0.29, 0.717) is 46.3 Å². The molecule has 3 N–H and O–H groups in total. The summed E-state index contributed by atoms with van der Waals surface area (Å²) in [7, 11) is 1.51. The highest BCUT2D eigenvalue weighted by atomic mass is 35.5. The molecule has 0 bridgehead atoms. The summed E-state index contributed by atoms with van der Waals surface area (Å²) in [6.07, 6.45) is 5.85. The van der Waals surface area contributed by atoms with Crippen LogP contribution < -0.4 is 36.0 Å². The zero-order valence-electron chi connectivity index (χ0n) is 36.9. The van der Waals surface area contributed by atoms with Gasteiger partial charge in [0.15, 0.2) is 24.0 Å². The number of ether oxygens (including phenoxy) is 2. The van der Waals surface area contributed by atoms with Crippen LogP contribution in [0.3, 0.4) is 0 Å². The number of piperazine rings is 1. The Hall–Kier alpha value is -5.85. The first-order valence-electron chi connectivity index (χ1n) is 22.5. The van der Waals surface area contributed by atoms with Gasteiger partial charge in [0.1, 0.15) is 11.1 Å². The van der Waals surface area contributed by atoms with E-state index in [1.165, 1.54) is 11.9 Å². The molecule has 1 aliphatic carbocycles. The normalized spacial score (nSPS) is 22.9. The van der Waals surface area contributed by atoms with Crippen LogP contribution in [0.5, 0.6) is 5.75 Å². The summed E-state index contributed by atoms with van der Waals surface area (Å²) in [6.45, 7) is 9.33. The molecule has 9 rings (SSSR count). The standard InChI is InChI=1S/C46H54ClFN10O7/c1-25(2)58-35-7-5-28(17-27(35)18-38(45(58)63)64-24-40(60)49-4)51-42-34(47)21-50-46(53-42)54-13-11-30(12-14-54)65-31-19-29(20-31)55-15-16-56(26(3)22-55)36-8-6-32-33(41(36)48)23-57(44(32)62)37-9-10-39(59)52-43(37)61/h5-8,17-18,21,25-26,29-31,37H,9-16,19-20,22-24H2,1-4H3,(H,49,60)(H,50,51,53)(H,52,59,61)/t26-,29-,31-,37?/m1/s1. The van der Waals surface area contributed by atoms with E-state index in [0.717, 1.165) is 62.8 Å². The number of aromatic nitrogens is 3. The molecule has 1 unspecified atom stereocenters. The Kier molecular flexibility index (Phi) is 12.4. The van der Waals surface area contributed by atoms with E-state index < -0.39 is 17.8 Å². The van der Waals surface area contributed by atoms with Gasteiger partial charge in [0.05, 0.1) is 36.2 Å². The second kappa shape index (κ2) is 18.2. The summed E-state index contributed by atoms with van der Waals surface area (Å²) in [5.41, 5.74) is 2.16. The lowest BCUT2D eigenvalue weighted by Gasteiger charge is -2.49. The van der Waals surface area contributed by atoms with Crippen LogP contribution in [-0.2, 0) is 25.7 Å². The lowest BCUT2D eigenvalue weighted by atomic mass is 9.86. The molecule has 0 radical (unpaired) electrons. The van der Waals surface area contributed by atoms with Gasteiger partial charge in [0.2, 0.25) is 17.8 Å². The maximum atomic E-state index is 16.1. The van der Waals surface area contributed by atoms with Crippen LogP contribution in [-0.4, -0.2) is 125 Å². The molecule has 4 aliphatic heterocycles. The number of hydrogen-bond donors (Lipinski definition) is 3. The summed E-state index contributed by atoms with van der Waals surface area (Å²) in [5.74, 6) is -0.913. The van der Waals surface area contributed by atoms with E-state index >= 15 is 4.39 Å². The molecule has 1 saturated carbocycles. The SMILES string of the molecule is CNC(=O)COc1cc2cc(Nc3nc(N4CCC(O[C@H]5C[C@H](N6CCN(c7ccc8c(c7F)CN(C7CCC(=O)NC7=O)C8=O)[C@H](C)C6)C5)CC4)ncc3Cl)ccc2n(C(C)C)c1=O. The van der Waals surface area contributed by atoms with Crippen molar-refractivity contribution in [1.29, 1.82) is 0 Å². The predicted octanol–water partition coefficient (Wildman–Crippen LogP) is 4.52. The Morgan fingerprint density at radius 1 is 1.00 bits per heavy atom. The van der Waals surface area contributed by atoms with Crippen molar-refractivity contribution in [3.05, 3.63) is 74.9 Å². The first kappa shape index (κ1) is 44.4. The van der Waals surface area contributed by atoms with Crippen LogP contribution >= 0.6 is 11.6 Å². The molecule has 4 fully saturated rings. The molecule has 344 valence electrons. The topological polar surface area (TPSA) is 184 Å². The van der Waals surface area contributed by atoms with Crippen molar-refractivity contribution in [2.45, 2.75) is 102 Å². The number of rotatable bonds is 12. The van der Waals surface area contributed by atoms with Crippen molar-refractivity contribution in [1.82, 2.24) is 35.0 Å². The lowest BCUT2D eigenvalue weighted by Crippen LogP contribution is -2.59. The number of benzene rings is 2. The number of imide groups is 1. The number of nitrogens with one attached hydrogen (secondary N) is 3. The number of carbonyl (C=O) groups excluding carboxylic acids is 4. The van der Waals surface area contributed by atoms with Crippen LogP contribution in [0.4, 0.5) is 27.5 Å². The molecule has 4 aromatic rings. The fourth-order valence-electron chi connectivity index (χ4n) is 9.86. The smallest absolute Gasteiger partial charge is 0.293 e. The van der Waals surface area contributed by atoms with E-state index in [-0.39, 0.29) is 84.9 Å². The number of nitrogens with zero attached hydrogens (tertiary/aromatic N) is 7. The maximum absolute atomic E-state index is 16.1. The highest BCUT2D eigenvalue weighted by Gasteiger charge is 2.43. The quantitative estimate of drug-likeness (QED) is 0.169. The molecule has 19 heteroatoms. The second-order valence-electron chi connectivity index (χ2n) is 17.9. The van der Waals surface area contributed by atoms with Gasteiger partial charge in [-0.15, -0.1) is 0 Å². The van der Waals surface area contributed by atoms with Gasteiger partial charge in [-0.25, -0.2) is 9.37 Å². The average molecular weight is 913 g/mol. The fraction of sp³-hybridized carbons (Fsp3) is 0.500. The first-order valence-corrected chi connectivity index (χ1v) is 22.8. The Morgan fingerprint density at radius 3 is 2.51 bits per heavy atom. The molecule has 0 spiro atoms. The summed E-state index contributed by atoms with van der Waals surface area (Å²) >= 11 is 6.60. The van der Waals surface area contributed by atoms with Gasteiger partial charge in [-0.05, 0) is 89.3 Å². The third-order valence-corrected chi connectivity index (χ3v) is 13.7. The molecule has 6 heterocycles. The number of pyridine rings is 1. The minimum absolute atomic E-state index is 0.00571. The van der Waals surface area contributed by atoms with Gasteiger partial charge in [0, 0.05) is 86.5 Å². The van der Waals surface area contributed by atoms with Gasteiger partial charge < -0.3 is 39.4 Å². The van der Waals surface area contributed by atoms with Crippen LogP contribution in [0.15, 0.2) is 47.4 Å². The van der Waals surface area contributed by atoms with E-state index in [9.17, 15) is 24.0 Å². The van der Waals surface area contributed by atoms with E-state index in [1.54, 1.807) is 29.0 Å². The van der Waals surface area contributed by atoms with Gasteiger partial charge in [-0.2, -0.15) is 4.98 Å². The molecule has 3 saturated heterocycles. The van der Waals surface area contributed by atoms with E-state index in [2.05, 4.69) is 42.6 Å². The number of amides is 4. The Morgan fingerprint density at radius 2 is 1.78 bits per heavy atom. The van der Waals surface area contributed by atoms with Crippen LogP contribution in [0, 0.1) is 5.82 Å². The van der Waals surface area contributed by atoms with Crippen LogP contribution in [0.2, 0.25) is 5.02 Å². The Bertz CT molecular complexity index is 2600. The maximum Gasteiger partial charge on any atom is 0.293 e. The molecule has 2 aromatic carbocycles. The van der Waals surface area contributed by atoms with Gasteiger partial charge >= 0.3 is 0 Å². The average Bonchev–Trinajstić information content (AvgIpc) is 3.61. The lowest BCUT2D eigenvalue weighted by molar-refractivity contribution is -0.137. The van der Waals surface area contributed by atoms with Crippen LogP contribution in [0.25, 0.3) is 10.9 Å². The summed E-state index contributed by atoms with van der Waals surface area (Å²) in [6, 6.07) is 10.1. The number of likely N-dealkylation sites (N-methyl/N-ethyl adjacent to an activating group) is 1. The summed E-state index contributed by atoms with van der Waals surface area (Å²) in [5, 5.41) is 9.22. The van der Waals surface area contributed by atoms with Crippen LogP contribution in [0.1, 0.15) is 81.3 Å². The number of anilines is 4. The number of fused-ring (bicyclic) bond motifs is 2. The molecule has 17 nitrogen and oxygen atoms in total. The monoisotopic (exact) mass is 912 g/mol. The highest BCUT2D eigenvalue weighted by molar-refractivity contribution is 6.33. The minimum atomic E-state index is -0.788. The van der Waals surface area contributed by atoms with E-state index in [4.69, 9.17) is 26.1 Å². The Labute approximate surface area is 380 Å². The molecule has 65 heavy (non-hydrogen) atoms. The zero-order chi connectivity index (χ0) is 45.7. The van der Waals surface area contributed by atoms with Gasteiger partial charge in [0.25, 0.3) is 17.4 Å². The van der Waals surface area contributed by atoms with Crippen molar-refractivity contribution >= 4 is 69.3 Å². The van der Waals surface area contributed by atoms with E-state index in [1.807, 2.05) is 32.0 Å². The number of piperidine rings is 2. The van der Waals surface area contributed by atoms with Crippen molar-refractivity contribution < 1.29 is 33.0 Å². The highest BCUT2D eigenvalue weighted by Crippen LogP contribution is 2.38. The largest absolute Gasteiger partial charge is 0.478 e. The predicted molar refractivity (Wildman–Crippen MR) is 242 cm³/mol. The van der Waals surface area contributed by atoms with Crippen molar-refractivity contribution in [2.75, 3.05) is 61.5 Å². The Balaban J connectivity index is 0.756. The third-order valence-electron chi connectivity index (χ3n) is 13.4. The molecular weight excluding hydrogens is 859 g/mol. The van der Waals surface area contributed by atoms with Crippen molar-refractivity contribution in [3.63, 3.8) is 0 Å². The molecular formula is C46H54ClFN10O7. The van der Waals surface area contributed by atoms with Gasteiger partial charge in [-0.1, -0.05) is 11.6 Å². The minimum Gasteiger partial charge on any atom is -0.478 e. The number of halogens is 2. The number of carbonyl (C=O) groups is 4. The summed E-state index contributed by atoms with van der Waals surface area (Å²) < 4.78 is 30.0. The molecule has 5 aliphatic rings. The second-order valence-corrected chi connectivity index (χ2v) is 18.3. The van der Waals surface area contributed by atoms with Crippen molar-refractivity contribution in [2.24, 2.45) is 0 Å². The third kappa shape index (κ3) is 8.82. The fourth-order valence-corrected chi connectivity index (χ4v) is 10.0.